The van der Waals surface area contributed by atoms with E-state index < -0.39 is 0 Å². The summed E-state index contributed by atoms with van der Waals surface area (Å²) in [7, 11) is 0. The largest absolute Gasteiger partial charge is 0.264 e. The summed E-state index contributed by atoms with van der Waals surface area (Å²) in [5.41, 5.74) is 1.87. The molecule has 0 saturated heterocycles. The number of aromatic nitrogens is 2. The summed E-state index contributed by atoms with van der Waals surface area (Å²) in [5, 5.41) is 14.7. The first kappa shape index (κ1) is 14.4. The van der Waals surface area contributed by atoms with Crippen molar-refractivity contribution >= 4 is 11.6 Å². The molecule has 1 fully saturated rings. The van der Waals surface area contributed by atoms with Gasteiger partial charge in [-0.25, -0.2) is 0 Å². The Hall–Kier alpha value is -1.01. The van der Waals surface area contributed by atoms with Crippen LogP contribution in [0.25, 0.3) is 0 Å². The van der Waals surface area contributed by atoms with E-state index in [2.05, 4.69) is 18.1 Å². The molecule has 0 bridgehead atoms. The van der Waals surface area contributed by atoms with Crippen LogP contribution in [0.3, 0.4) is 0 Å². The third-order valence-corrected chi connectivity index (χ3v) is 4.89. The minimum Gasteiger partial charge on any atom is -0.264 e. The normalized spacial score (nSPS) is 27.2. The van der Waals surface area contributed by atoms with Gasteiger partial charge in [-0.2, -0.15) is 10.4 Å². The molecule has 0 aliphatic heterocycles. The van der Waals surface area contributed by atoms with Crippen molar-refractivity contribution in [2.45, 2.75) is 58.9 Å². The van der Waals surface area contributed by atoms with Crippen LogP contribution in [-0.2, 0) is 0 Å². The van der Waals surface area contributed by atoms with Gasteiger partial charge >= 0.3 is 0 Å². The van der Waals surface area contributed by atoms with Crippen molar-refractivity contribution in [2.24, 2.45) is 11.8 Å². The first-order chi connectivity index (χ1) is 9.08. The quantitative estimate of drug-likeness (QED) is 0.821. The average Bonchev–Trinajstić information content (AvgIpc) is 2.67. The SMILES string of the molecule is CCCC1CCC(C#N)C(n2nc(C)c(Cl)c2C)C1. The number of nitrogens with zero attached hydrogens (tertiary/aromatic N) is 3. The molecule has 1 heterocycles. The summed E-state index contributed by atoms with van der Waals surface area (Å²) in [4.78, 5) is 0. The molecule has 1 saturated carbocycles. The minimum atomic E-state index is 0.0715. The predicted octanol–water partition coefficient (Wildman–Crippen LogP) is 4.43. The standard InChI is InChI=1S/C15H22ClN3/c1-4-5-12-6-7-13(9-17)14(8-12)19-11(3)15(16)10(2)18-19/h12-14H,4-8H2,1-3H3. The Morgan fingerprint density at radius 3 is 2.68 bits per heavy atom. The average molecular weight is 280 g/mol. The lowest BCUT2D eigenvalue weighted by molar-refractivity contribution is 0.196. The number of hydrogen-bond donors (Lipinski definition) is 0. The van der Waals surface area contributed by atoms with Gasteiger partial charge in [0.2, 0.25) is 0 Å². The highest BCUT2D eigenvalue weighted by Gasteiger charge is 2.33. The van der Waals surface area contributed by atoms with Crippen LogP contribution < -0.4 is 0 Å². The molecule has 1 aliphatic carbocycles. The maximum Gasteiger partial charge on any atom is 0.0844 e. The third kappa shape index (κ3) is 2.79. The van der Waals surface area contributed by atoms with Crippen molar-refractivity contribution in [3.05, 3.63) is 16.4 Å². The molecule has 1 aliphatic rings. The smallest absolute Gasteiger partial charge is 0.0844 e. The van der Waals surface area contributed by atoms with Gasteiger partial charge in [0.25, 0.3) is 0 Å². The lowest BCUT2D eigenvalue weighted by Gasteiger charge is -2.33. The zero-order valence-corrected chi connectivity index (χ0v) is 12.7. The first-order valence-corrected chi connectivity index (χ1v) is 7.57. The maximum atomic E-state index is 9.38. The maximum absolute atomic E-state index is 9.38. The lowest BCUT2D eigenvalue weighted by atomic mass is 9.77. The van der Waals surface area contributed by atoms with E-state index in [1.54, 1.807) is 0 Å². The molecule has 3 unspecified atom stereocenters. The second-order valence-corrected chi connectivity index (χ2v) is 6.08. The minimum absolute atomic E-state index is 0.0715. The fourth-order valence-electron chi connectivity index (χ4n) is 3.29. The topological polar surface area (TPSA) is 41.6 Å². The predicted molar refractivity (Wildman–Crippen MR) is 77.1 cm³/mol. The molecule has 0 radical (unpaired) electrons. The number of halogens is 1. The Balaban J connectivity index is 2.27. The monoisotopic (exact) mass is 279 g/mol. The number of rotatable bonds is 3. The van der Waals surface area contributed by atoms with Crippen molar-refractivity contribution in [3.63, 3.8) is 0 Å². The van der Waals surface area contributed by atoms with Crippen LogP contribution in [0.1, 0.15) is 56.5 Å². The molecule has 0 N–H and O–H groups in total. The van der Waals surface area contributed by atoms with Gasteiger partial charge in [0.15, 0.2) is 0 Å². The zero-order valence-electron chi connectivity index (χ0n) is 12.0. The molecule has 0 spiro atoms. The molecule has 104 valence electrons. The summed E-state index contributed by atoms with van der Waals surface area (Å²) in [6.07, 6.45) is 5.69. The molecule has 1 aromatic rings. The molecule has 0 amide bonds. The van der Waals surface area contributed by atoms with Crippen LogP contribution in [-0.4, -0.2) is 9.78 Å². The lowest BCUT2D eigenvalue weighted by Crippen LogP contribution is -2.28. The van der Waals surface area contributed by atoms with E-state index in [0.29, 0.717) is 0 Å². The molecule has 0 aromatic carbocycles. The Morgan fingerprint density at radius 2 is 2.16 bits per heavy atom. The van der Waals surface area contributed by atoms with Gasteiger partial charge in [0, 0.05) is 0 Å². The fraction of sp³-hybridized carbons (Fsp3) is 0.733. The van der Waals surface area contributed by atoms with Crippen molar-refractivity contribution in [3.8, 4) is 6.07 Å². The molecule has 19 heavy (non-hydrogen) atoms. The molecule has 1 aromatic heterocycles. The zero-order chi connectivity index (χ0) is 14.0. The van der Waals surface area contributed by atoms with Gasteiger partial charge in [-0.1, -0.05) is 31.4 Å². The highest BCUT2D eigenvalue weighted by atomic mass is 35.5. The first-order valence-electron chi connectivity index (χ1n) is 7.19. The Kier molecular flexibility index (Phi) is 4.52. The van der Waals surface area contributed by atoms with E-state index >= 15 is 0 Å². The van der Waals surface area contributed by atoms with E-state index in [1.165, 1.54) is 19.3 Å². The van der Waals surface area contributed by atoms with Gasteiger partial charge in [-0.15, -0.1) is 0 Å². The van der Waals surface area contributed by atoms with E-state index in [4.69, 9.17) is 11.6 Å². The molecule has 3 nitrogen and oxygen atoms in total. The van der Waals surface area contributed by atoms with Crippen LogP contribution in [0.15, 0.2) is 0 Å². The van der Waals surface area contributed by atoms with Crippen LogP contribution in [0, 0.1) is 37.0 Å². The molecular formula is C15H22ClN3. The van der Waals surface area contributed by atoms with E-state index in [9.17, 15) is 5.26 Å². The number of hydrogen-bond acceptors (Lipinski definition) is 2. The van der Waals surface area contributed by atoms with Crippen LogP contribution in [0.4, 0.5) is 0 Å². The van der Waals surface area contributed by atoms with Crippen LogP contribution >= 0.6 is 11.6 Å². The fourth-order valence-corrected chi connectivity index (χ4v) is 3.41. The van der Waals surface area contributed by atoms with Gasteiger partial charge < -0.3 is 0 Å². The van der Waals surface area contributed by atoms with Gasteiger partial charge in [0.1, 0.15) is 0 Å². The summed E-state index contributed by atoms with van der Waals surface area (Å²) < 4.78 is 2.01. The molecule has 2 rings (SSSR count). The highest BCUT2D eigenvalue weighted by Crippen LogP contribution is 2.40. The second-order valence-electron chi connectivity index (χ2n) is 5.70. The van der Waals surface area contributed by atoms with Crippen molar-refractivity contribution in [1.82, 2.24) is 9.78 Å². The Labute approximate surface area is 120 Å². The number of aryl methyl sites for hydroxylation is 1. The Morgan fingerprint density at radius 1 is 1.42 bits per heavy atom. The summed E-state index contributed by atoms with van der Waals surface area (Å²) >= 11 is 6.24. The molecule has 3 atom stereocenters. The van der Waals surface area contributed by atoms with Gasteiger partial charge in [-0.05, 0) is 39.0 Å². The van der Waals surface area contributed by atoms with E-state index in [1.807, 2.05) is 18.5 Å². The second kappa shape index (κ2) is 5.96. The van der Waals surface area contributed by atoms with E-state index in [-0.39, 0.29) is 12.0 Å². The van der Waals surface area contributed by atoms with Crippen molar-refractivity contribution in [2.75, 3.05) is 0 Å². The molecular weight excluding hydrogens is 258 g/mol. The van der Waals surface area contributed by atoms with Gasteiger partial charge in [-0.3, -0.25) is 4.68 Å². The van der Waals surface area contributed by atoms with Crippen molar-refractivity contribution < 1.29 is 0 Å². The van der Waals surface area contributed by atoms with E-state index in [0.717, 1.165) is 35.2 Å². The molecule has 4 heteroatoms. The van der Waals surface area contributed by atoms with Crippen LogP contribution in [0.2, 0.25) is 5.02 Å². The summed E-state index contributed by atoms with van der Waals surface area (Å²) in [6, 6.07) is 2.66. The highest BCUT2D eigenvalue weighted by molar-refractivity contribution is 6.31. The number of nitriles is 1. The van der Waals surface area contributed by atoms with Crippen molar-refractivity contribution in [1.29, 1.82) is 5.26 Å². The van der Waals surface area contributed by atoms with Crippen LogP contribution in [0.5, 0.6) is 0 Å². The Bertz CT molecular complexity index is 486. The summed E-state index contributed by atoms with van der Waals surface area (Å²) in [5.74, 6) is 0.796. The third-order valence-electron chi connectivity index (χ3n) is 4.34. The van der Waals surface area contributed by atoms with Gasteiger partial charge in [0.05, 0.1) is 34.4 Å². The summed E-state index contributed by atoms with van der Waals surface area (Å²) in [6.45, 7) is 6.16.